The summed E-state index contributed by atoms with van der Waals surface area (Å²) in [6.07, 6.45) is 2.88. The second-order valence-electron chi connectivity index (χ2n) is 4.77. The Morgan fingerprint density at radius 1 is 1.21 bits per heavy atom. The molecular weight excluding hydrogens is 386 g/mol. The molecule has 0 atom stereocenters. The lowest BCUT2D eigenvalue weighted by molar-refractivity contribution is 0.483. The van der Waals surface area contributed by atoms with E-state index in [-0.39, 0.29) is 4.90 Å². The molecule has 0 fully saturated rings. The molecule has 4 nitrogen and oxygen atoms in total. The van der Waals surface area contributed by atoms with Crippen LogP contribution in [-0.4, -0.2) is 24.2 Å². The SMILES string of the molecule is CCc1ccc(S(=O)(=O)O)cc1.CSc1nc2cc(Cl)ccc2s1. The molecule has 1 N–H and O–H groups in total. The second-order valence-corrected chi connectivity index (χ2v) is 8.71. The van der Waals surface area contributed by atoms with Crippen LogP contribution in [0.4, 0.5) is 0 Å². The van der Waals surface area contributed by atoms with Crippen LogP contribution in [0.1, 0.15) is 12.5 Å². The maximum absolute atomic E-state index is 10.6. The van der Waals surface area contributed by atoms with Gasteiger partial charge < -0.3 is 0 Å². The molecule has 1 aromatic heterocycles. The van der Waals surface area contributed by atoms with Crippen molar-refractivity contribution in [2.75, 3.05) is 6.26 Å². The Morgan fingerprint density at radius 3 is 2.42 bits per heavy atom. The fourth-order valence-corrected chi connectivity index (χ4v) is 3.98. The zero-order chi connectivity index (χ0) is 17.7. The fourth-order valence-electron chi connectivity index (χ4n) is 1.86. The van der Waals surface area contributed by atoms with Gasteiger partial charge in [-0.15, -0.1) is 11.3 Å². The van der Waals surface area contributed by atoms with Crippen molar-refractivity contribution in [1.29, 1.82) is 0 Å². The van der Waals surface area contributed by atoms with Gasteiger partial charge in [-0.05, 0) is 48.6 Å². The first kappa shape index (κ1) is 19.2. The lowest BCUT2D eigenvalue weighted by atomic mass is 10.2. The number of hydrogen-bond donors (Lipinski definition) is 1. The quantitative estimate of drug-likeness (QED) is 0.484. The van der Waals surface area contributed by atoms with Crippen molar-refractivity contribution in [3.8, 4) is 0 Å². The molecule has 0 aliphatic heterocycles. The van der Waals surface area contributed by atoms with E-state index in [9.17, 15) is 8.42 Å². The smallest absolute Gasteiger partial charge is 0.282 e. The van der Waals surface area contributed by atoms with Crippen molar-refractivity contribution in [3.63, 3.8) is 0 Å². The monoisotopic (exact) mass is 401 g/mol. The van der Waals surface area contributed by atoms with Gasteiger partial charge in [0.15, 0.2) is 4.34 Å². The van der Waals surface area contributed by atoms with Gasteiger partial charge in [0, 0.05) is 5.02 Å². The summed E-state index contributed by atoms with van der Waals surface area (Å²) in [6, 6.07) is 12.0. The highest BCUT2D eigenvalue weighted by atomic mass is 35.5. The van der Waals surface area contributed by atoms with Crippen molar-refractivity contribution in [3.05, 3.63) is 53.1 Å². The van der Waals surface area contributed by atoms with E-state index in [0.717, 1.165) is 26.9 Å². The summed E-state index contributed by atoms with van der Waals surface area (Å²) in [6.45, 7) is 1.97. The largest absolute Gasteiger partial charge is 0.294 e. The topological polar surface area (TPSA) is 67.3 Å². The Kier molecular flexibility index (Phi) is 6.65. The van der Waals surface area contributed by atoms with Crippen molar-refractivity contribution < 1.29 is 13.0 Å². The standard InChI is InChI=1S/C8H6ClNS2.C8H10O3S/c1-11-8-10-6-4-5(9)2-3-7(6)12-8;1-2-7-3-5-8(6-4-7)12(9,10)11/h2-4H,1H3;3-6H,2H2,1H3,(H,9,10,11). The Labute approximate surface area is 154 Å². The number of thiazole rings is 1. The number of aromatic nitrogens is 1. The minimum Gasteiger partial charge on any atom is -0.282 e. The van der Waals surface area contributed by atoms with Gasteiger partial charge >= 0.3 is 0 Å². The number of aryl methyl sites for hydroxylation is 1. The van der Waals surface area contributed by atoms with Crippen LogP contribution in [0.15, 0.2) is 51.7 Å². The molecule has 2 aromatic carbocycles. The molecule has 3 rings (SSSR count). The van der Waals surface area contributed by atoms with Crippen LogP contribution < -0.4 is 0 Å². The number of benzene rings is 2. The summed E-state index contributed by atoms with van der Waals surface area (Å²) in [7, 11) is -4.03. The van der Waals surface area contributed by atoms with E-state index in [0.29, 0.717) is 0 Å². The maximum atomic E-state index is 10.6. The van der Waals surface area contributed by atoms with Crippen LogP contribution in [0.3, 0.4) is 0 Å². The Hall–Kier alpha value is -1.12. The highest BCUT2D eigenvalue weighted by Crippen LogP contribution is 2.29. The second kappa shape index (κ2) is 8.31. The highest BCUT2D eigenvalue weighted by Gasteiger charge is 2.07. The van der Waals surface area contributed by atoms with Crippen molar-refractivity contribution in [2.24, 2.45) is 0 Å². The van der Waals surface area contributed by atoms with E-state index >= 15 is 0 Å². The minimum absolute atomic E-state index is 0.0558. The van der Waals surface area contributed by atoms with Gasteiger partial charge in [-0.25, -0.2) is 4.98 Å². The van der Waals surface area contributed by atoms with E-state index in [1.165, 1.54) is 16.8 Å². The average molecular weight is 402 g/mol. The van der Waals surface area contributed by atoms with Crippen molar-refractivity contribution >= 4 is 55.0 Å². The molecule has 0 aliphatic carbocycles. The average Bonchev–Trinajstić information content (AvgIpc) is 2.97. The third-order valence-corrected chi connectivity index (χ3v) is 6.26. The summed E-state index contributed by atoms with van der Waals surface area (Å²) in [4.78, 5) is 4.33. The molecule has 24 heavy (non-hydrogen) atoms. The minimum atomic E-state index is -4.03. The lowest BCUT2D eigenvalue weighted by Crippen LogP contribution is -1.97. The Morgan fingerprint density at radius 2 is 1.88 bits per heavy atom. The van der Waals surface area contributed by atoms with Gasteiger partial charge in [0.2, 0.25) is 0 Å². The summed E-state index contributed by atoms with van der Waals surface area (Å²) in [5, 5.41) is 0.750. The molecule has 128 valence electrons. The third kappa shape index (κ3) is 5.19. The number of thioether (sulfide) groups is 1. The molecule has 0 aliphatic rings. The predicted octanol–water partition coefficient (Wildman–Crippen LogP) is 5.17. The van der Waals surface area contributed by atoms with Crippen molar-refractivity contribution in [1.82, 2.24) is 4.98 Å². The van der Waals surface area contributed by atoms with Gasteiger partial charge in [0.05, 0.1) is 15.1 Å². The number of nitrogens with zero attached hydrogens (tertiary/aromatic N) is 1. The Balaban J connectivity index is 0.000000174. The summed E-state index contributed by atoms with van der Waals surface area (Å²) >= 11 is 9.19. The number of hydrogen-bond acceptors (Lipinski definition) is 5. The first-order valence-electron chi connectivity index (χ1n) is 7.00. The van der Waals surface area contributed by atoms with Crippen molar-refractivity contribution in [2.45, 2.75) is 22.6 Å². The molecule has 0 spiro atoms. The summed E-state index contributed by atoms with van der Waals surface area (Å²) in [5.41, 5.74) is 2.04. The van der Waals surface area contributed by atoms with Crippen LogP contribution in [0.2, 0.25) is 5.02 Å². The van der Waals surface area contributed by atoms with Gasteiger partial charge in [0.1, 0.15) is 0 Å². The lowest BCUT2D eigenvalue weighted by Gasteiger charge is -1.97. The van der Waals surface area contributed by atoms with Crippen LogP contribution in [-0.2, 0) is 16.5 Å². The van der Waals surface area contributed by atoms with Gasteiger partial charge in [0.25, 0.3) is 10.1 Å². The van der Waals surface area contributed by atoms with E-state index in [2.05, 4.69) is 4.98 Å². The molecule has 0 amide bonds. The first-order chi connectivity index (χ1) is 11.3. The van der Waals surface area contributed by atoms with Gasteiger partial charge in [-0.2, -0.15) is 8.42 Å². The molecule has 0 unspecified atom stereocenters. The summed E-state index contributed by atoms with van der Waals surface area (Å²) < 4.78 is 32.1. The zero-order valence-electron chi connectivity index (χ0n) is 13.1. The van der Waals surface area contributed by atoms with E-state index in [1.807, 2.05) is 31.4 Å². The predicted molar refractivity (Wildman–Crippen MR) is 102 cm³/mol. The molecule has 1 heterocycles. The maximum Gasteiger partial charge on any atom is 0.294 e. The molecule has 0 saturated heterocycles. The number of fused-ring (bicyclic) bond motifs is 1. The highest BCUT2D eigenvalue weighted by molar-refractivity contribution is 8.00. The molecule has 3 aromatic rings. The number of rotatable bonds is 3. The fraction of sp³-hybridized carbons (Fsp3) is 0.188. The summed E-state index contributed by atoms with van der Waals surface area (Å²) in [5.74, 6) is 0. The van der Waals surface area contributed by atoms with Gasteiger partial charge in [-0.3, -0.25) is 4.55 Å². The molecule has 8 heteroatoms. The van der Waals surface area contributed by atoms with Crippen LogP contribution >= 0.6 is 34.7 Å². The molecule has 0 radical (unpaired) electrons. The van der Waals surface area contributed by atoms with Crippen LogP contribution in [0.5, 0.6) is 0 Å². The molecular formula is C16H16ClNO3S3. The third-order valence-electron chi connectivity index (χ3n) is 3.13. The van der Waals surface area contributed by atoms with E-state index in [4.69, 9.17) is 16.2 Å². The van der Waals surface area contributed by atoms with E-state index in [1.54, 1.807) is 35.2 Å². The number of halogens is 1. The molecule has 0 saturated carbocycles. The van der Waals surface area contributed by atoms with Crippen LogP contribution in [0, 0.1) is 0 Å². The normalized spacial score (nSPS) is 11.2. The Bertz CT molecular complexity index is 921. The molecule has 0 bridgehead atoms. The van der Waals surface area contributed by atoms with E-state index < -0.39 is 10.1 Å². The van der Waals surface area contributed by atoms with Gasteiger partial charge in [-0.1, -0.05) is 42.4 Å². The first-order valence-corrected chi connectivity index (χ1v) is 10.9. The van der Waals surface area contributed by atoms with Crippen LogP contribution in [0.25, 0.3) is 10.2 Å². The zero-order valence-corrected chi connectivity index (χ0v) is 16.3.